The number of nitrogens with one attached hydrogen (secondary N) is 2. The van der Waals surface area contributed by atoms with Crippen LogP contribution in [0.25, 0.3) is 0 Å². The van der Waals surface area contributed by atoms with Gasteiger partial charge in [0.05, 0.1) is 16.3 Å². The number of hydrogen-bond donors (Lipinski definition) is 3. The lowest BCUT2D eigenvalue weighted by atomic mass is 9.77. The molecule has 10 heteroatoms. The standard InChI is InChI=1S/C18H21ClN4O5/c1-10-4-6-18(7-5-10)16(26)23(17(27)21-18)22-14(24)9-28-15(25)11-2-3-12(19)13(20)8-11/h2-3,8,10H,4-7,9,20H2,1H3,(H,21,27)(H,22,24). The van der Waals surface area contributed by atoms with Gasteiger partial charge in [0.15, 0.2) is 6.61 Å². The third-order valence-electron chi connectivity index (χ3n) is 5.09. The molecule has 2 aliphatic rings. The highest BCUT2D eigenvalue weighted by Gasteiger charge is 2.52. The summed E-state index contributed by atoms with van der Waals surface area (Å²) in [6.45, 7) is 1.43. The second-order valence-corrected chi connectivity index (χ2v) is 7.59. The number of urea groups is 1. The molecule has 3 rings (SSSR count). The van der Waals surface area contributed by atoms with Crippen LogP contribution in [0.3, 0.4) is 0 Å². The molecule has 1 spiro atoms. The van der Waals surface area contributed by atoms with Crippen LogP contribution in [0.1, 0.15) is 43.0 Å². The van der Waals surface area contributed by atoms with Crippen LogP contribution in [-0.4, -0.2) is 41.0 Å². The topological polar surface area (TPSA) is 131 Å². The zero-order valence-electron chi connectivity index (χ0n) is 15.3. The summed E-state index contributed by atoms with van der Waals surface area (Å²) in [4.78, 5) is 48.9. The summed E-state index contributed by atoms with van der Waals surface area (Å²) in [5, 5.41) is 3.64. The molecule has 150 valence electrons. The molecule has 4 amide bonds. The third kappa shape index (κ3) is 3.89. The largest absolute Gasteiger partial charge is 0.452 e. The predicted octanol–water partition coefficient (Wildman–Crippen LogP) is 1.61. The molecule has 1 saturated heterocycles. The lowest BCUT2D eigenvalue weighted by Crippen LogP contribution is -2.52. The fraction of sp³-hybridized carbons (Fsp3) is 0.444. The molecular weight excluding hydrogens is 388 g/mol. The van der Waals surface area contributed by atoms with Crippen LogP contribution < -0.4 is 16.5 Å². The van der Waals surface area contributed by atoms with Gasteiger partial charge in [0.1, 0.15) is 5.54 Å². The number of carbonyl (C=O) groups is 4. The lowest BCUT2D eigenvalue weighted by molar-refractivity contribution is -0.141. The number of hydrogen-bond acceptors (Lipinski definition) is 6. The van der Waals surface area contributed by atoms with E-state index in [9.17, 15) is 19.2 Å². The van der Waals surface area contributed by atoms with E-state index in [0.717, 1.165) is 12.8 Å². The minimum atomic E-state index is -0.964. The molecule has 28 heavy (non-hydrogen) atoms. The van der Waals surface area contributed by atoms with E-state index in [1.54, 1.807) is 0 Å². The molecule has 0 bridgehead atoms. The van der Waals surface area contributed by atoms with Crippen molar-refractivity contribution in [1.82, 2.24) is 15.8 Å². The number of nitrogens with two attached hydrogens (primary N) is 1. The van der Waals surface area contributed by atoms with Crippen LogP contribution in [0.5, 0.6) is 0 Å². The molecule has 1 aliphatic heterocycles. The number of rotatable bonds is 4. The van der Waals surface area contributed by atoms with Crippen LogP contribution in [-0.2, 0) is 14.3 Å². The fourth-order valence-corrected chi connectivity index (χ4v) is 3.48. The summed E-state index contributed by atoms with van der Waals surface area (Å²) in [6.07, 6.45) is 2.68. The monoisotopic (exact) mass is 408 g/mol. The first kappa shape index (κ1) is 19.9. The highest BCUT2D eigenvalue weighted by molar-refractivity contribution is 6.33. The van der Waals surface area contributed by atoms with E-state index < -0.39 is 36.0 Å². The van der Waals surface area contributed by atoms with E-state index in [0.29, 0.717) is 28.8 Å². The molecule has 1 aromatic rings. The van der Waals surface area contributed by atoms with Crippen LogP contribution >= 0.6 is 11.6 Å². The minimum Gasteiger partial charge on any atom is -0.452 e. The normalized spacial score (nSPS) is 24.2. The minimum absolute atomic E-state index is 0.125. The molecule has 0 unspecified atom stereocenters. The zero-order valence-corrected chi connectivity index (χ0v) is 16.0. The van der Waals surface area contributed by atoms with Crippen molar-refractivity contribution in [2.75, 3.05) is 12.3 Å². The smallest absolute Gasteiger partial charge is 0.344 e. The van der Waals surface area contributed by atoms with Crippen molar-refractivity contribution in [3.05, 3.63) is 28.8 Å². The van der Waals surface area contributed by atoms with Crippen molar-refractivity contribution in [2.45, 2.75) is 38.1 Å². The van der Waals surface area contributed by atoms with Gasteiger partial charge >= 0.3 is 12.0 Å². The van der Waals surface area contributed by atoms with Gasteiger partial charge in [-0.15, -0.1) is 0 Å². The van der Waals surface area contributed by atoms with Gasteiger partial charge in [-0.05, 0) is 49.8 Å². The van der Waals surface area contributed by atoms with Gasteiger partial charge in [0.25, 0.3) is 11.8 Å². The van der Waals surface area contributed by atoms with Crippen molar-refractivity contribution in [1.29, 1.82) is 0 Å². The first-order chi connectivity index (χ1) is 13.2. The highest BCUT2D eigenvalue weighted by Crippen LogP contribution is 2.35. The van der Waals surface area contributed by atoms with Gasteiger partial charge in [-0.2, -0.15) is 5.01 Å². The van der Waals surface area contributed by atoms with E-state index >= 15 is 0 Å². The molecular formula is C18H21ClN4O5. The Labute approximate surface area is 166 Å². The lowest BCUT2D eigenvalue weighted by Gasteiger charge is -2.33. The number of benzene rings is 1. The Morgan fingerprint density at radius 1 is 1.36 bits per heavy atom. The molecule has 4 N–H and O–H groups in total. The van der Waals surface area contributed by atoms with Gasteiger partial charge in [-0.25, -0.2) is 9.59 Å². The van der Waals surface area contributed by atoms with Crippen molar-refractivity contribution in [3.8, 4) is 0 Å². The highest BCUT2D eigenvalue weighted by atomic mass is 35.5. The quantitative estimate of drug-likeness (QED) is 0.394. The van der Waals surface area contributed by atoms with Crippen LogP contribution in [0, 0.1) is 5.92 Å². The van der Waals surface area contributed by atoms with Gasteiger partial charge in [0, 0.05) is 0 Å². The van der Waals surface area contributed by atoms with E-state index in [4.69, 9.17) is 22.1 Å². The third-order valence-corrected chi connectivity index (χ3v) is 5.44. The Morgan fingerprint density at radius 2 is 2.04 bits per heavy atom. The number of ether oxygens (including phenoxy) is 1. The van der Waals surface area contributed by atoms with E-state index in [1.165, 1.54) is 18.2 Å². The summed E-state index contributed by atoms with van der Waals surface area (Å²) in [6, 6.07) is 3.48. The number of nitrogen functional groups attached to an aromatic ring is 1. The van der Waals surface area contributed by atoms with Crippen molar-refractivity contribution in [3.63, 3.8) is 0 Å². The maximum Gasteiger partial charge on any atom is 0.344 e. The number of hydrazine groups is 1. The van der Waals surface area contributed by atoms with Gasteiger partial charge in [0.2, 0.25) is 0 Å². The molecule has 1 saturated carbocycles. The Bertz CT molecular complexity index is 835. The van der Waals surface area contributed by atoms with Crippen LogP contribution in [0.2, 0.25) is 5.02 Å². The number of amides is 4. The van der Waals surface area contributed by atoms with E-state index in [1.807, 2.05) is 0 Å². The summed E-state index contributed by atoms with van der Waals surface area (Å²) in [5.74, 6) is -1.59. The van der Waals surface area contributed by atoms with Crippen molar-refractivity contribution >= 4 is 41.1 Å². The fourth-order valence-electron chi connectivity index (χ4n) is 3.36. The SMILES string of the molecule is CC1CCC2(CC1)NC(=O)N(NC(=O)COC(=O)c1ccc(Cl)c(N)c1)C2=O. The molecule has 9 nitrogen and oxygen atoms in total. The molecule has 2 fully saturated rings. The van der Waals surface area contributed by atoms with E-state index in [2.05, 4.69) is 17.7 Å². The second kappa shape index (κ2) is 7.67. The molecule has 0 aromatic heterocycles. The first-order valence-corrected chi connectivity index (χ1v) is 9.28. The van der Waals surface area contributed by atoms with Gasteiger partial charge in [-0.3, -0.25) is 15.0 Å². The molecule has 1 heterocycles. The van der Waals surface area contributed by atoms with Crippen molar-refractivity contribution in [2.24, 2.45) is 5.92 Å². The number of carbonyl (C=O) groups excluding carboxylic acids is 4. The summed E-state index contributed by atoms with van der Waals surface area (Å²) in [5.41, 5.74) is 7.18. The summed E-state index contributed by atoms with van der Waals surface area (Å²) < 4.78 is 4.90. The Balaban J connectivity index is 1.56. The Kier molecular flexibility index (Phi) is 5.46. The number of esters is 1. The maximum atomic E-state index is 12.7. The summed E-state index contributed by atoms with van der Waals surface area (Å²) in [7, 11) is 0. The first-order valence-electron chi connectivity index (χ1n) is 8.90. The molecule has 1 aromatic carbocycles. The van der Waals surface area contributed by atoms with Crippen LogP contribution in [0.15, 0.2) is 18.2 Å². The van der Waals surface area contributed by atoms with Gasteiger partial charge in [-0.1, -0.05) is 18.5 Å². The number of imide groups is 1. The number of nitrogens with zero attached hydrogens (tertiary/aromatic N) is 1. The number of halogens is 1. The Morgan fingerprint density at radius 3 is 2.68 bits per heavy atom. The molecule has 0 radical (unpaired) electrons. The summed E-state index contributed by atoms with van der Waals surface area (Å²) >= 11 is 5.79. The maximum absolute atomic E-state index is 12.7. The average molecular weight is 409 g/mol. The molecule has 1 aliphatic carbocycles. The van der Waals surface area contributed by atoms with Gasteiger partial charge < -0.3 is 15.8 Å². The molecule has 0 atom stereocenters. The van der Waals surface area contributed by atoms with Crippen molar-refractivity contribution < 1.29 is 23.9 Å². The zero-order chi connectivity index (χ0) is 20.5. The van der Waals surface area contributed by atoms with E-state index in [-0.39, 0.29) is 11.3 Å². The average Bonchev–Trinajstić information content (AvgIpc) is 2.89. The second-order valence-electron chi connectivity index (χ2n) is 7.18. The Hall–Kier alpha value is -2.81. The predicted molar refractivity (Wildman–Crippen MR) is 100 cm³/mol. The number of anilines is 1. The van der Waals surface area contributed by atoms with Crippen LogP contribution in [0.4, 0.5) is 10.5 Å².